The van der Waals surface area contributed by atoms with E-state index in [1.165, 1.54) is 5.56 Å². The van der Waals surface area contributed by atoms with E-state index in [1.54, 1.807) is 0 Å². The van der Waals surface area contributed by atoms with Crippen LogP contribution in [0.1, 0.15) is 5.56 Å². The first kappa shape index (κ1) is 14.2. The van der Waals surface area contributed by atoms with E-state index in [2.05, 4.69) is 29.3 Å². The Hall–Kier alpha value is -3.44. The molecule has 1 aromatic heterocycles. The van der Waals surface area contributed by atoms with Crippen LogP contribution in [0.2, 0.25) is 0 Å². The molecule has 0 aliphatic heterocycles. The third kappa shape index (κ3) is 2.43. The van der Waals surface area contributed by atoms with Gasteiger partial charge in [0.1, 0.15) is 0 Å². The summed E-state index contributed by atoms with van der Waals surface area (Å²) in [6.07, 6.45) is 1.92. The van der Waals surface area contributed by atoms with E-state index in [4.69, 9.17) is 5.26 Å². The minimum absolute atomic E-state index is 0.661. The van der Waals surface area contributed by atoms with E-state index >= 15 is 0 Å². The molecule has 0 fully saturated rings. The zero-order chi connectivity index (χ0) is 16.4. The monoisotopic (exact) mass is 306 g/mol. The number of nitriles is 1. The zero-order valence-corrected chi connectivity index (χ0v) is 13.0. The molecule has 1 heterocycles. The molecule has 0 unspecified atom stereocenters. The number of pyridine rings is 1. The molecule has 112 valence electrons. The molecule has 0 bridgehead atoms. The summed E-state index contributed by atoms with van der Waals surface area (Å²) in [5.41, 5.74) is 6.11. The highest BCUT2D eigenvalue weighted by Crippen LogP contribution is 2.36. The number of aromatic nitrogens is 1. The number of para-hydroxylation sites is 1. The maximum absolute atomic E-state index is 9.01. The first-order chi connectivity index (χ1) is 11.9. The molecule has 0 spiro atoms. The SMILES string of the molecule is N#Cc1ccc(-c2cnc3ccccc3c2-c2ccccc2)cc1. The molecule has 2 heteroatoms. The predicted molar refractivity (Wildman–Crippen MR) is 97.3 cm³/mol. The highest BCUT2D eigenvalue weighted by Gasteiger charge is 2.12. The normalized spacial score (nSPS) is 10.5. The second kappa shape index (κ2) is 5.98. The summed E-state index contributed by atoms with van der Waals surface area (Å²) < 4.78 is 0. The van der Waals surface area contributed by atoms with Gasteiger partial charge in [-0.05, 0) is 29.3 Å². The van der Waals surface area contributed by atoms with Crippen molar-refractivity contribution in [3.05, 3.63) is 90.6 Å². The fourth-order valence-electron chi connectivity index (χ4n) is 3.00. The summed E-state index contributed by atoms with van der Waals surface area (Å²) >= 11 is 0. The topological polar surface area (TPSA) is 36.7 Å². The van der Waals surface area contributed by atoms with Gasteiger partial charge in [-0.2, -0.15) is 5.26 Å². The van der Waals surface area contributed by atoms with Gasteiger partial charge < -0.3 is 0 Å². The minimum Gasteiger partial charge on any atom is -0.256 e. The number of hydrogen-bond acceptors (Lipinski definition) is 2. The summed E-state index contributed by atoms with van der Waals surface area (Å²) in [6, 6.07) is 28.4. The molecule has 2 nitrogen and oxygen atoms in total. The Morgan fingerprint density at radius 1 is 0.708 bits per heavy atom. The fourth-order valence-corrected chi connectivity index (χ4v) is 3.00. The number of rotatable bonds is 2. The zero-order valence-electron chi connectivity index (χ0n) is 13.0. The van der Waals surface area contributed by atoms with Crippen molar-refractivity contribution in [1.29, 1.82) is 5.26 Å². The van der Waals surface area contributed by atoms with Crippen LogP contribution in [-0.2, 0) is 0 Å². The second-order valence-corrected chi connectivity index (χ2v) is 5.62. The highest BCUT2D eigenvalue weighted by atomic mass is 14.7. The van der Waals surface area contributed by atoms with Crippen molar-refractivity contribution in [2.24, 2.45) is 0 Å². The van der Waals surface area contributed by atoms with Gasteiger partial charge in [0.05, 0.1) is 17.1 Å². The average Bonchev–Trinajstić information content (AvgIpc) is 2.68. The summed E-state index contributed by atoms with van der Waals surface area (Å²) in [7, 11) is 0. The Bertz CT molecular complexity index is 1040. The Balaban J connectivity index is 2.03. The molecule has 0 N–H and O–H groups in total. The number of nitrogens with zero attached hydrogens (tertiary/aromatic N) is 2. The maximum Gasteiger partial charge on any atom is 0.0991 e. The van der Waals surface area contributed by atoms with Crippen molar-refractivity contribution in [2.45, 2.75) is 0 Å². The first-order valence-corrected chi connectivity index (χ1v) is 7.80. The molecule has 0 radical (unpaired) electrons. The maximum atomic E-state index is 9.01. The second-order valence-electron chi connectivity index (χ2n) is 5.62. The lowest BCUT2D eigenvalue weighted by molar-refractivity contribution is 1.40. The largest absolute Gasteiger partial charge is 0.256 e. The lowest BCUT2D eigenvalue weighted by Crippen LogP contribution is -1.90. The minimum atomic E-state index is 0.661. The van der Waals surface area contributed by atoms with Crippen molar-refractivity contribution in [3.8, 4) is 28.3 Å². The molecule has 0 saturated carbocycles. The Labute approximate surface area is 140 Å². The smallest absolute Gasteiger partial charge is 0.0991 e. The van der Waals surface area contributed by atoms with Crippen LogP contribution in [0.25, 0.3) is 33.2 Å². The van der Waals surface area contributed by atoms with Gasteiger partial charge in [-0.15, -0.1) is 0 Å². The van der Waals surface area contributed by atoms with Crippen molar-refractivity contribution in [3.63, 3.8) is 0 Å². The first-order valence-electron chi connectivity index (χ1n) is 7.80. The lowest BCUT2D eigenvalue weighted by Gasteiger charge is -2.13. The molecule has 0 aliphatic rings. The number of hydrogen-bond donors (Lipinski definition) is 0. The van der Waals surface area contributed by atoms with Gasteiger partial charge >= 0.3 is 0 Å². The van der Waals surface area contributed by atoms with Gasteiger partial charge in [-0.1, -0.05) is 60.7 Å². The fraction of sp³-hybridized carbons (Fsp3) is 0. The third-order valence-corrected chi connectivity index (χ3v) is 4.16. The van der Waals surface area contributed by atoms with E-state index in [0.29, 0.717) is 5.56 Å². The number of fused-ring (bicyclic) bond motifs is 1. The van der Waals surface area contributed by atoms with Crippen molar-refractivity contribution >= 4 is 10.9 Å². The molecular formula is C22H14N2. The molecule has 24 heavy (non-hydrogen) atoms. The van der Waals surface area contributed by atoms with Gasteiger partial charge in [0.25, 0.3) is 0 Å². The van der Waals surface area contributed by atoms with Gasteiger partial charge in [-0.25, -0.2) is 0 Å². The van der Waals surface area contributed by atoms with Crippen LogP contribution in [0.15, 0.2) is 85.1 Å². The van der Waals surface area contributed by atoms with Crippen LogP contribution < -0.4 is 0 Å². The molecule has 4 rings (SSSR count). The summed E-state index contributed by atoms with van der Waals surface area (Å²) in [6.45, 7) is 0. The summed E-state index contributed by atoms with van der Waals surface area (Å²) in [5, 5.41) is 10.1. The van der Waals surface area contributed by atoms with Crippen molar-refractivity contribution in [2.75, 3.05) is 0 Å². The van der Waals surface area contributed by atoms with Crippen LogP contribution in [0.4, 0.5) is 0 Å². The van der Waals surface area contributed by atoms with Gasteiger partial charge in [0.15, 0.2) is 0 Å². The van der Waals surface area contributed by atoms with E-state index in [1.807, 2.05) is 66.9 Å². The van der Waals surface area contributed by atoms with E-state index < -0.39 is 0 Å². The quantitative estimate of drug-likeness (QED) is 0.494. The predicted octanol–water partition coefficient (Wildman–Crippen LogP) is 5.44. The van der Waals surface area contributed by atoms with Crippen LogP contribution in [0, 0.1) is 11.3 Å². The van der Waals surface area contributed by atoms with Crippen LogP contribution >= 0.6 is 0 Å². The molecule has 4 aromatic rings. The molecular weight excluding hydrogens is 292 g/mol. The molecule has 3 aromatic carbocycles. The Morgan fingerprint density at radius 3 is 2.17 bits per heavy atom. The van der Waals surface area contributed by atoms with Crippen molar-refractivity contribution < 1.29 is 0 Å². The van der Waals surface area contributed by atoms with Gasteiger partial charge in [0.2, 0.25) is 0 Å². The summed E-state index contributed by atoms with van der Waals surface area (Å²) in [5.74, 6) is 0. The third-order valence-electron chi connectivity index (χ3n) is 4.16. The lowest BCUT2D eigenvalue weighted by atomic mass is 9.92. The molecule has 0 amide bonds. The standard InChI is InChI=1S/C22H14N2/c23-14-16-10-12-17(13-11-16)20-15-24-21-9-5-4-8-19(21)22(20)18-6-2-1-3-7-18/h1-13,15H. The summed E-state index contributed by atoms with van der Waals surface area (Å²) in [4.78, 5) is 4.62. The molecule has 0 saturated heterocycles. The van der Waals surface area contributed by atoms with Crippen LogP contribution in [-0.4, -0.2) is 4.98 Å². The Kier molecular flexibility index (Phi) is 3.53. The van der Waals surface area contributed by atoms with Crippen LogP contribution in [0.5, 0.6) is 0 Å². The van der Waals surface area contributed by atoms with E-state index in [0.717, 1.165) is 27.6 Å². The van der Waals surface area contributed by atoms with Crippen molar-refractivity contribution in [1.82, 2.24) is 4.98 Å². The molecule has 0 atom stereocenters. The van der Waals surface area contributed by atoms with Gasteiger partial charge in [-0.3, -0.25) is 4.98 Å². The number of benzene rings is 3. The average molecular weight is 306 g/mol. The Morgan fingerprint density at radius 2 is 1.42 bits per heavy atom. The van der Waals surface area contributed by atoms with Crippen LogP contribution in [0.3, 0.4) is 0 Å². The highest BCUT2D eigenvalue weighted by molar-refractivity contribution is 6.02. The van der Waals surface area contributed by atoms with E-state index in [-0.39, 0.29) is 0 Å². The molecule has 0 aliphatic carbocycles. The van der Waals surface area contributed by atoms with Gasteiger partial charge in [0, 0.05) is 22.7 Å². The van der Waals surface area contributed by atoms with E-state index in [9.17, 15) is 0 Å².